The zero-order valence-electron chi connectivity index (χ0n) is 24.8. The average molecular weight is 574 g/mol. The van der Waals surface area contributed by atoms with Gasteiger partial charge in [-0.05, 0) is 79.2 Å². The maximum Gasteiger partial charge on any atom is 0.0464 e. The van der Waals surface area contributed by atoms with Crippen LogP contribution in [0.15, 0.2) is 182 Å². The van der Waals surface area contributed by atoms with Gasteiger partial charge in [-0.1, -0.05) is 158 Å². The molecule has 1 N–H and O–H groups in total. The van der Waals surface area contributed by atoms with Crippen molar-refractivity contribution in [1.82, 2.24) is 0 Å². The van der Waals surface area contributed by atoms with Crippen LogP contribution in [0.1, 0.15) is 0 Å². The quantitative estimate of drug-likeness (QED) is 0.209. The molecule has 0 aliphatic carbocycles. The van der Waals surface area contributed by atoms with Gasteiger partial charge < -0.3 is 5.32 Å². The number of anilines is 2. The molecule has 8 rings (SSSR count). The lowest BCUT2D eigenvalue weighted by Gasteiger charge is -2.19. The summed E-state index contributed by atoms with van der Waals surface area (Å²) in [5.74, 6) is 0. The summed E-state index contributed by atoms with van der Waals surface area (Å²) in [6.07, 6.45) is 0. The summed E-state index contributed by atoms with van der Waals surface area (Å²) >= 11 is 0. The minimum Gasteiger partial charge on any atom is -0.355 e. The Morgan fingerprint density at radius 2 is 0.667 bits per heavy atom. The normalized spacial score (nSPS) is 11.1. The van der Waals surface area contributed by atoms with E-state index in [0.717, 1.165) is 22.5 Å². The van der Waals surface area contributed by atoms with E-state index in [0.29, 0.717) is 0 Å². The molecule has 0 saturated heterocycles. The molecule has 0 aromatic heterocycles. The Balaban J connectivity index is 1.27. The predicted octanol–water partition coefficient (Wildman–Crippen LogP) is 12.4. The minimum atomic E-state index is 1.07. The predicted molar refractivity (Wildman–Crippen MR) is 193 cm³/mol. The minimum absolute atomic E-state index is 1.07. The molecular formula is C44H31N. The molecule has 0 fully saturated rings. The third-order valence-electron chi connectivity index (χ3n) is 8.68. The van der Waals surface area contributed by atoms with E-state index < -0.39 is 0 Å². The number of hydrogen-bond acceptors (Lipinski definition) is 1. The van der Waals surface area contributed by atoms with Crippen LogP contribution in [0.25, 0.3) is 66.1 Å². The van der Waals surface area contributed by atoms with Crippen molar-refractivity contribution in [3.8, 4) is 44.5 Å². The van der Waals surface area contributed by atoms with E-state index >= 15 is 0 Å². The second-order valence-corrected chi connectivity index (χ2v) is 11.4. The van der Waals surface area contributed by atoms with E-state index in [9.17, 15) is 0 Å². The topological polar surface area (TPSA) is 12.0 Å². The summed E-state index contributed by atoms with van der Waals surface area (Å²) in [6.45, 7) is 0. The van der Waals surface area contributed by atoms with Crippen LogP contribution in [-0.2, 0) is 0 Å². The number of rotatable bonds is 6. The summed E-state index contributed by atoms with van der Waals surface area (Å²) in [6, 6.07) is 65.3. The molecule has 0 aliphatic rings. The lowest BCUT2D eigenvalue weighted by atomic mass is 9.93. The highest BCUT2D eigenvalue weighted by Crippen LogP contribution is 2.40. The Morgan fingerprint density at radius 1 is 0.267 bits per heavy atom. The van der Waals surface area contributed by atoms with Gasteiger partial charge in [-0.3, -0.25) is 0 Å². The second kappa shape index (κ2) is 11.6. The van der Waals surface area contributed by atoms with E-state index in [-0.39, 0.29) is 0 Å². The van der Waals surface area contributed by atoms with Gasteiger partial charge >= 0.3 is 0 Å². The first-order valence-electron chi connectivity index (χ1n) is 15.4. The van der Waals surface area contributed by atoms with Crippen LogP contribution in [0.4, 0.5) is 11.4 Å². The third-order valence-corrected chi connectivity index (χ3v) is 8.68. The van der Waals surface area contributed by atoms with Crippen LogP contribution < -0.4 is 5.32 Å². The molecule has 0 aliphatic heterocycles. The molecule has 1 nitrogen and oxygen atoms in total. The zero-order valence-corrected chi connectivity index (χ0v) is 24.8. The zero-order chi connectivity index (χ0) is 30.0. The Labute approximate surface area is 264 Å². The highest BCUT2D eigenvalue weighted by Gasteiger charge is 2.14. The second-order valence-electron chi connectivity index (χ2n) is 11.4. The number of nitrogens with one attached hydrogen (secondary N) is 1. The summed E-state index contributed by atoms with van der Waals surface area (Å²) < 4.78 is 0. The third kappa shape index (κ3) is 5.15. The van der Waals surface area contributed by atoms with E-state index in [4.69, 9.17) is 0 Å². The smallest absolute Gasteiger partial charge is 0.0464 e. The first-order chi connectivity index (χ1) is 22.3. The monoisotopic (exact) mass is 573 g/mol. The molecule has 0 radical (unpaired) electrons. The highest BCUT2D eigenvalue weighted by molar-refractivity contribution is 6.00. The van der Waals surface area contributed by atoms with Gasteiger partial charge in [-0.15, -0.1) is 0 Å². The molecule has 0 amide bonds. The van der Waals surface area contributed by atoms with Crippen LogP contribution >= 0.6 is 0 Å². The van der Waals surface area contributed by atoms with Crippen LogP contribution in [0, 0.1) is 0 Å². The lowest BCUT2D eigenvalue weighted by Crippen LogP contribution is -1.97. The lowest BCUT2D eigenvalue weighted by molar-refractivity contribution is 1.51. The van der Waals surface area contributed by atoms with Crippen molar-refractivity contribution >= 4 is 32.9 Å². The Kier molecular flexibility index (Phi) is 6.90. The van der Waals surface area contributed by atoms with E-state index in [1.165, 1.54) is 54.9 Å². The van der Waals surface area contributed by atoms with Gasteiger partial charge in [-0.25, -0.2) is 0 Å². The maximum atomic E-state index is 3.87. The number of benzene rings is 8. The van der Waals surface area contributed by atoms with Crippen molar-refractivity contribution in [2.24, 2.45) is 0 Å². The van der Waals surface area contributed by atoms with E-state index in [1.807, 2.05) is 0 Å². The number of hydrogen-bond donors (Lipinski definition) is 1. The fraction of sp³-hybridized carbons (Fsp3) is 0. The van der Waals surface area contributed by atoms with E-state index in [2.05, 4.69) is 187 Å². The van der Waals surface area contributed by atoms with Crippen LogP contribution in [0.3, 0.4) is 0 Å². The molecular weight excluding hydrogens is 542 g/mol. The van der Waals surface area contributed by atoms with Gasteiger partial charge in [0, 0.05) is 22.5 Å². The summed E-state index contributed by atoms with van der Waals surface area (Å²) in [5, 5.41) is 8.88. The SMILES string of the molecule is c1ccc(-c2cc(-c3cccc4ccccc34)ccc2Nc2ccc(-c3cccc4ccccc34)cc2-c2ccccc2)cc1. The van der Waals surface area contributed by atoms with Crippen LogP contribution in [0.5, 0.6) is 0 Å². The van der Waals surface area contributed by atoms with Crippen molar-refractivity contribution in [1.29, 1.82) is 0 Å². The molecule has 0 unspecified atom stereocenters. The molecule has 0 heterocycles. The van der Waals surface area contributed by atoms with Crippen molar-refractivity contribution in [2.75, 3.05) is 5.32 Å². The molecule has 212 valence electrons. The number of fused-ring (bicyclic) bond motifs is 2. The van der Waals surface area contributed by atoms with Gasteiger partial charge in [0.25, 0.3) is 0 Å². The van der Waals surface area contributed by atoms with Crippen molar-refractivity contribution in [3.05, 3.63) is 182 Å². The first kappa shape index (κ1) is 26.7. The molecule has 45 heavy (non-hydrogen) atoms. The van der Waals surface area contributed by atoms with Crippen molar-refractivity contribution in [2.45, 2.75) is 0 Å². The molecule has 0 saturated carbocycles. The van der Waals surface area contributed by atoms with E-state index in [1.54, 1.807) is 0 Å². The van der Waals surface area contributed by atoms with Gasteiger partial charge in [0.15, 0.2) is 0 Å². The molecule has 8 aromatic carbocycles. The maximum absolute atomic E-state index is 3.87. The molecule has 1 heteroatoms. The van der Waals surface area contributed by atoms with Gasteiger partial charge in [0.2, 0.25) is 0 Å². The molecule has 0 spiro atoms. The standard InChI is InChI=1S/C44H31N/c1-3-13-33(14-4-1)41-29-35(39-23-11-19-31-17-7-9-21-37(31)39)25-27-43(41)45-44-28-26-36(30-42(44)34-15-5-2-6-16-34)40-24-12-20-32-18-8-10-22-38(32)40/h1-30,45H. The van der Waals surface area contributed by atoms with Gasteiger partial charge in [0.05, 0.1) is 0 Å². The Hall–Kier alpha value is -5.92. The molecule has 0 atom stereocenters. The summed E-state index contributed by atoms with van der Waals surface area (Å²) in [7, 11) is 0. The summed E-state index contributed by atoms with van der Waals surface area (Å²) in [5.41, 5.74) is 11.7. The van der Waals surface area contributed by atoms with Crippen LogP contribution in [0.2, 0.25) is 0 Å². The fourth-order valence-corrected chi connectivity index (χ4v) is 6.45. The van der Waals surface area contributed by atoms with Crippen molar-refractivity contribution in [3.63, 3.8) is 0 Å². The largest absolute Gasteiger partial charge is 0.355 e. The van der Waals surface area contributed by atoms with Crippen LogP contribution in [-0.4, -0.2) is 0 Å². The summed E-state index contributed by atoms with van der Waals surface area (Å²) in [4.78, 5) is 0. The molecule has 0 bridgehead atoms. The average Bonchev–Trinajstić information content (AvgIpc) is 3.12. The van der Waals surface area contributed by atoms with Gasteiger partial charge in [0.1, 0.15) is 0 Å². The fourth-order valence-electron chi connectivity index (χ4n) is 6.45. The Bertz CT molecular complexity index is 2110. The first-order valence-corrected chi connectivity index (χ1v) is 15.4. The van der Waals surface area contributed by atoms with Gasteiger partial charge in [-0.2, -0.15) is 0 Å². The highest BCUT2D eigenvalue weighted by atomic mass is 14.9. The van der Waals surface area contributed by atoms with Crippen molar-refractivity contribution < 1.29 is 0 Å². The molecule has 8 aromatic rings. The Morgan fingerprint density at radius 3 is 1.13 bits per heavy atom.